The second-order valence-electron chi connectivity index (χ2n) is 4.95. The molecular weight excluding hydrogens is 262 g/mol. The molecule has 1 unspecified atom stereocenters. The summed E-state index contributed by atoms with van der Waals surface area (Å²) in [6.45, 7) is 1.26. The van der Waals surface area contributed by atoms with Crippen LogP contribution in [0.1, 0.15) is 11.4 Å². The SMILES string of the molecule is NC(=O)CN1CCC(O)(c2nc3ccccc3s2)C1. The summed E-state index contributed by atoms with van der Waals surface area (Å²) in [5.41, 5.74) is 5.13. The summed E-state index contributed by atoms with van der Waals surface area (Å²) in [5.74, 6) is -0.367. The Balaban J connectivity index is 1.87. The molecule has 1 aliphatic heterocycles. The predicted molar refractivity (Wildman–Crippen MR) is 73.8 cm³/mol. The zero-order valence-electron chi connectivity index (χ0n) is 10.4. The molecule has 19 heavy (non-hydrogen) atoms. The van der Waals surface area contributed by atoms with Gasteiger partial charge in [-0.15, -0.1) is 11.3 Å². The predicted octanol–water partition coefficient (Wildman–Crippen LogP) is 0.675. The molecule has 1 aliphatic rings. The van der Waals surface area contributed by atoms with Gasteiger partial charge in [0, 0.05) is 13.1 Å². The fourth-order valence-electron chi connectivity index (χ4n) is 2.47. The number of nitrogens with two attached hydrogens (primary N) is 1. The Morgan fingerprint density at radius 1 is 1.53 bits per heavy atom. The number of amides is 1. The molecule has 1 saturated heterocycles. The number of aromatic nitrogens is 1. The first kappa shape index (κ1) is 12.5. The second-order valence-corrected chi connectivity index (χ2v) is 5.98. The molecule has 5 nitrogen and oxygen atoms in total. The van der Waals surface area contributed by atoms with E-state index in [2.05, 4.69) is 4.98 Å². The zero-order chi connectivity index (χ0) is 13.5. The smallest absolute Gasteiger partial charge is 0.231 e. The number of para-hydroxylation sites is 1. The van der Waals surface area contributed by atoms with Crippen LogP contribution in [-0.4, -0.2) is 40.5 Å². The van der Waals surface area contributed by atoms with E-state index in [0.717, 1.165) is 15.2 Å². The second kappa shape index (κ2) is 4.56. The van der Waals surface area contributed by atoms with E-state index in [1.165, 1.54) is 11.3 Å². The minimum atomic E-state index is -0.959. The number of thiazole rings is 1. The van der Waals surface area contributed by atoms with Gasteiger partial charge in [-0.1, -0.05) is 12.1 Å². The Bertz CT molecular complexity index is 594. The Morgan fingerprint density at radius 3 is 3.05 bits per heavy atom. The Labute approximate surface area is 114 Å². The standard InChI is InChI=1S/C13H15N3O2S/c14-11(17)7-16-6-5-13(18,8-16)12-15-9-3-1-2-4-10(9)19-12/h1-4,18H,5-8H2,(H2,14,17). The highest BCUT2D eigenvalue weighted by molar-refractivity contribution is 7.18. The van der Waals surface area contributed by atoms with Crippen LogP contribution in [0.15, 0.2) is 24.3 Å². The van der Waals surface area contributed by atoms with Crippen molar-refractivity contribution in [3.63, 3.8) is 0 Å². The minimum absolute atomic E-state index is 0.188. The van der Waals surface area contributed by atoms with Gasteiger partial charge in [-0.2, -0.15) is 0 Å². The first-order valence-electron chi connectivity index (χ1n) is 6.16. The number of carbonyl (C=O) groups excluding carboxylic acids is 1. The number of likely N-dealkylation sites (tertiary alicyclic amines) is 1. The normalized spacial score (nSPS) is 24.1. The van der Waals surface area contributed by atoms with Crippen molar-refractivity contribution in [2.75, 3.05) is 19.6 Å². The Kier molecular flexibility index (Phi) is 3.00. The van der Waals surface area contributed by atoms with E-state index in [1.807, 2.05) is 29.2 Å². The van der Waals surface area contributed by atoms with Gasteiger partial charge in [-0.25, -0.2) is 4.98 Å². The Morgan fingerprint density at radius 2 is 2.32 bits per heavy atom. The van der Waals surface area contributed by atoms with Crippen molar-refractivity contribution in [1.29, 1.82) is 0 Å². The maximum atomic E-state index is 10.9. The number of hydrogen-bond acceptors (Lipinski definition) is 5. The third kappa shape index (κ3) is 2.34. The molecule has 1 aromatic heterocycles. The highest BCUT2D eigenvalue weighted by Gasteiger charge is 2.40. The van der Waals surface area contributed by atoms with E-state index in [9.17, 15) is 9.90 Å². The highest BCUT2D eigenvalue weighted by Crippen LogP contribution is 2.36. The number of benzene rings is 1. The molecule has 0 radical (unpaired) electrons. The van der Waals surface area contributed by atoms with Gasteiger partial charge < -0.3 is 10.8 Å². The largest absolute Gasteiger partial charge is 0.381 e. The van der Waals surface area contributed by atoms with Gasteiger partial charge in [0.25, 0.3) is 0 Å². The summed E-state index contributed by atoms with van der Waals surface area (Å²) in [6.07, 6.45) is 0.583. The van der Waals surface area contributed by atoms with Gasteiger partial charge in [-0.3, -0.25) is 9.69 Å². The number of rotatable bonds is 3. The van der Waals surface area contributed by atoms with Crippen LogP contribution in [-0.2, 0) is 10.4 Å². The lowest BCUT2D eigenvalue weighted by molar-refractivity contribution is -0.119. The highest BCUT2D eigenvalue weighted by atomic mass is 32.1. The number of primary amides is 1. The van der Waals surface area contributed by atoms with Gasteiger partial charge in [-0.05, 0) is 18.6 Å². The van der Waals surface area contributed by atoms with Crippen LogP contribution in [0.5, 0.6) is 0 Å². The summed E-state index contributed by atoms with van der Waals surface area (Å²) < 4.78 is 1.07. The number of aliphatic hydroxyl groups is 1. The number of carbonyl (C=O) groups is 1. The zero-order valence-corrected chi connectivity index (χ0v) is 11.2. The van der Waals surface area contributed by atoms with Crippen LogP contribution < -0.4 is 5.73 Å². The molecule has 0 aliphatic carbocycles. The Hall–Kier alpha value is -1.50. The number of hydrogen-bond donors (Lipinski definition) is 2. The van der Waals surface area contributed by atoms with Gasteiger partial charge in [0.2, 0.25) is 5.91 Å². The van der Waals surface area contributed by atoms with E-state index < -0.39 is 5.60 Å². The molecule has 1 fully saturated rings. The minimum Gasteiger partial charge on any atom is -0.381 e. The fourth-order valence-corrected chi connectivity index (χ4v) is 3.55. The lowest BCUT2D eigenvalue weighted by Gasteiger charge is -2.20. The van der Waals surface area contributed by atoms with Gasteiger partial charge in [0.1, 0.15) is 10.6 Å². The van der Waals surface area contributed by atoms with Crippen LogP contribution in [0.2, 0.25) is 0 Å². The van der Waals surface area contributed by atoms with Crippen molar-refractivity contribution in [1.82, 2.24) is 9.88 Å². The molecular formula is C13H15N3O2S. The molecule has 3 N–H and O–H groups in total. The number of fused-ring (bicyclic) bond motifs is 1. The van der Waals surface area contributed by atoms with Crippen LogP contribution in [0.3, 0.4) is 0 Å². The van der Waals surface area contributed by atoms with Crippen molar-refractivity contribution < 1.29 is 9.90 Å². The summed E-state index contributed by atoms with van der Waals surface area (Å²) in [7, 11) is 0. The molecule has 2 heterocycles. The maximum absolute atomic E-state index is 10.9. The molecule has 0 bridgehead atoms. The summed E-state index contributed by atoms with van der Waals surface area (Å²) >= 11 is 1.51. The first-order chi connectivity index (χ1) is 9.07. The average molecular weight is 277 g/mol. The first-order valence-corrected chi connectivity index (χ1v) is 6.98. The van der Waals surface area contributed by atoms with Crippen molar-refractivity contribution >= 4 is 27.5 Å². The topological polar surface area (TPSA) is 79.5 Å². The molecule has 0 saturated carbocycles. The summed E-state index contributed by atoms with van der Waals surface area (Å²) in [4.78, 5) is 17.3. The molecule has 3 rings (SSSR count). The van der Waals surface area contributed by atoms with E-state index >= 15 is 0 Å². The van der Waals surface area contributed by atoms with Crippen molar-refractivity contribution in [2.24, 2.45) is 5.73 Å². The van der Waals surface area contributed by atoms with Crippen molar-refractivity contribution in [3.8, 4) is 0 Å². The van der Waals surface area contributed by atoms with E-state index in [0.29, 0.717) is 19.5 Å². The molecule has 1 aromatic carbocycles. The molecule has 1 atom stereocenters. The van der Waals surface area contributed by atoms with E-state index in [1.54, 1.807) is 0 Å². The van der Waals surface area contributed by atoms with Crippen LogP contribution in [0.25, 0.3) is 10.2 Å². The molecule has 6 heteroatoms. The van der Waals surface area contributed by atoms with Gasteiger partial charge in [0.15, 0.2) is 0 Å². The lowest BCUT2D eigenvalue weighted by Crippen LogP contribution is -2.35. The third-order valence-electron chi connectivity index (χ3n) is 3.40. The number of β-amino-alcohol motifs (C(OH)–C–C–N with tert-alkyl or cyclic N) is 1. The lowest BCUT2D eigenvalue weighted by atomic mass is 10.1. The monoisotopic (exact) mass is 277 g/mol. The van der Waals surface area contributed by atoms with Crippen LogP contribution in [0, 0.1) is 0 Å². The summed E-state index contributed by atoms with van der Waals surface area (Å²) in [5, 5.41) is 11.4. The van der Waals surface area contributed by atoms with Crippen LogP contribution >= 0.6 is 11.3 Å². The van der Waals surface area contributed by atoms with Crippen molar-refractivity contribution in [2.45, 2.75) is 12.0 Å². The molecule has 1 amide bonds. The van der Waals surface area contributed by atoms with Gasteiger partial charge in [0.05, 0.1) is 16.8 Å². The van der Waals surface area contributed by atoms with Gasteiger partial charge >= 0.3 is 0 Å². The average Bonchev–Trinajstić information content (AvgIpc) is 2.93. The quantitative estimate of drug-likeness (QED) is 0.864. The molecule has 0 spiro atoms. The maximum Gasteiger partial charge on any atom is 0.231 e. The van der Waals surface area contributed by atoms with Crippen LogP contribution in [0.4, 0.5) is 0 Å². The van der Waals surface area contributed by atoms with E-state index in [4.69, 9.17) is 5.73 Å². The summed E-state index contributed by atoms with van der Waals surface area (Å²) in [6, 6.07) is 7.83. The number of nitrogens with zero attached hydrogens (tertiary/aromatic N) is 2. The fraction of sp³-hybridized carbons (Fsp3) is 0.385. The van der Waals surface area contributed by atoms with E-state index in [-0.39, 0.29) is 12.5 Å². The molecule has 100 valence electrons. The van der Waals surface area contributed by atoms with Crippen molar-refractivity contribution in [3.05, 3.63) is 29.3 Å². The molecule has 2 aromatic rings. The third-order valence-corrected chi connectivity index (χ3v) is 4.63.